The Morgan fingerprint density at radius 1 is 1.33 bits per heavy atom. The van der Waals surface area contributed by atoms with E-state index in [2.05, 4.69) is 24.0 Å². The van der Waals surface area contributed by atoms with Crippen molar-refractivity contribution in [3.63, 3.8) is 0 Å². The predicted octanol–water partition coefficient (Wildman–Crippen LogP) is 3.85. The van der Waals surface area contributed by atoms with E-state index in [9.17, 15) is 4.79 Å². The standard InChI is InChI=1S/C19H29NO3.ClH/c1-3-22-19(21)17-9-7-12-20(15-17)11-4-5-13-23-18-10-6-8-16(2)14-18;/h6,8,10,14,17H,3-5,7,9,11-13,15H2,1-2H3;1H. The van der Waals surface area contributed by atoms with Crippen LogP contribution in [0, 0.1) is 12.8 Å². The van der Waals surface area contributed by atoms with Gasteiger partial charge in [0.15, 0.2) is 0 Å². The van der Waals surface area contributed by atoms with E-state index >= 15 is 0 Å². The number of nitrogens with zero attached hydrogens (tertiary/aromatic N) is 1. The largest absolute Gasteiger partial charge is 0.494 e. The summed E-state index contributed by atoms with van der Waals surface area (Å²) in [4.78, 5) is 14.2. The zero-order valence-electron chi connectivity index (χ0n) is 14.8. The fraction of sp³-hybridized carbons (Fsp3) is 0.632. The van der Waals surface area contributed by atoms with E-state index in [0.29, 0.717) is 6.61 Å². The highest BCUT2D eigenvalue weighted by atomic mass is 35.5. The van der Waals surface area contributed by atoms with E-state index in [0.717, 1.165) is 57.7 Å². The van der Waals surface area contributed by atoms with Crippen molar-refractivity contribution in [2.75, 3.05) is 32.8 Å². The van der Waals surface area contributed by atoms with Crippen molar-refractivity contribution in [1.82, 2.24) is 4.90 Å². The summed E-state index contributed by atoms with van der Waals surface area (Å²) >= 11 is 0. The predicted molar refractivity (Wildman–Crippen MR) is 99.0 cm³/mol. The molecule has 1 atom stereocenters. The molecule has 4 nitrogen and oxygen atoms in total. The third-order valence-corrected chi connectivity index (χ3v) is 4.25. The fourth-order valence-corrected chi connectivity index (χ4v) is 3.04. The smallest absolute Gasteiger partial charge is 0.310 e. The lowest BCUT2D eigenvalue weighted by molar-refractivity contribution is -0.149. The van der Waals surface area contributed by atoms with Gasteiger partial charge in [-0.25, -0.2) is 0 Å². The number of carbonyl (C=O) groups excluding carboxylic acids is 1. The number of piperidine rings is 1. The number of halogens is 1. The summed E-state index contributed by atoms with van der Waals surface area (Å²) in [7, 11) is 0. The first-order chi connectivity index (χ1) is 11.2. The zero-order valence-corrected chi connectivity index (χ0v) is 15.6. The molecule has 1 aliphatic heterocycles. The third-order valence-electron chi connectivity index (χ3n) is 4.25. The minimum absolute atomic E-state index is 0. The number of esters is 1. The first kappa shape index (κ1) is 20.8. The SMILES string of the molecule is CCOC(=O)C1CCCN(CCCCOc2cccc(C)c2)C1.Cl. The second kappa shape index (κ2) is 11.3. The highest BCUT2D eigenvalue weighted by Gasteiger charge is 2.26. The number of rotatable bonds is 8. The molecule has 1 unspecified atom stereocenters. The lowest BCUT2D eigenvalue weighted by Crippen LogP contribution is -2.39. The Balaban J connectivity index is 0.00000288. The summed E-state index contributed by atoms with van der Waals surface area (Å²) in [5, 5.41) is 0. The van der Waals surface area contributed by atoms with Crippen LogP contribution in [-0.4, -0.2) is 43.7 Å². The van der Waals surface area contributed by atoms with Crippen LogP contribution >= 0.6 is 12.4 Å². The topological polar surface area (TPSA) is 38.8 Å². The third kappa shape index (κ3) is 7.10. The van der Waals surface area contributed by atoms with E-state index in [4.69, 9.17) is 9.47 Å². The molecule has 1 aromatic carbocycles. The van der Waals surface area contributed by atoms with Crippen LogP contribution in [0.1, 0.15) is 38.2 Å². The van der Waals surface area contributed by atoms with Crippen LogP contribution in [-0.2, 0) is 9.53 Å². The van der Waals surface area contributed by atoms with Gasteiger partial charge in [0.05, 0.1) is 19.1 Å². The van der Waals surface area contributed by atoms with Gasteiger partial charge in [0.25, 0.3) is 0 Å². The van der Waals surface area contributed by atoms with Crippen molar-refractivity contribution in [3.05, 3.63) is 29.8 Å². The molecule has 0 radical (unpaired) electrons. The number of unbranched alkanes of at least 4 members (excludes halogenated alkanes) is 1. The van der Waals surface area contributed by atoms with Gasteiger partial charge in [-0.15, -0.1) is 12.4 Å². The van der Waals surface area contributed by atoms with Gasteiger partial charge in [0, 0.05) is 6.54 Å². The summed E-state index contributed by atoms with van der Waals surface area (Å²) in [5.74, 6) is 0.984. The van der Waals surface area contributed by atoms with E-state index in [1.165, 1.54) is 5.56 Å². The van der Waals surface area contributed by atoms with E-state index in [1.54, 1.807) is 0 Å². The molecule has 2 rings (SSSR count). The summed E-state index contributed by atoms with van der Waals surface area (Å²) < 4.78 is 10.9. The Labute approximate surface area is 151 Å². The average molecular weight is 356 g/mol. The molecule has 1 heterocycles. The molecule has 0 saturated carbocycles. The highest BCUT2D eigenvalue weighted by Crippen LogP contribution is 2.18. The van der Waals surface area contributed by atoms with Gasteiger partial charge < -0.3 is 14.4 Å². The molecular weight excluding hydrogens is 326 g/mol. The van der Waals surface area contributed by atoms with E-state index in [1.807, 2.05) is 19.1 Å². The van der Waals surface area contributed by atoms with Crippen molar-refractivity contribution in [2.24, 2.45) is 5.92 Å². The number of benzene rings is 1. The second-order valence-electron chi connectivity index (χ2n) is 6.26. The first-order valence-corrected chi connectivity index (χ1v) is 8.77. The van der Waals surface area contributed by atoms with E-state index in [-0.39, 0.29) is 24.3 Å². The zero-order chi connectivity index (χ0) is 16.5. The lowest BCUT2D eigenvalue weighted by atomic mass is 9.98. The summed E-state index contributed by atoms with van der Waals surface area (Å²) in [6.07, 6.45) is 4.19. The molecule has 0 amide bonds. The van der Waals surface area contributed by atoms with Gasteiger partial charge in [-0.05, 0) is 70.3 Å². The molecule has 0 N–H and O–H groups in total. The molecule has 136 valence electrons. The van der Waals surface area contributed by atoms with Crippen LogP contribution in [0.25, 0.3) is 0 Å². The van der Waals surface area contributed by atoms with Crippen molar-refractivity contribution < 1.29 is 14.3 Å². The Bertz CT molecular complexity index is 495. The maximum absolute atomic E-state index is 11.8. The maximum atomic E-state index is 11.8. The lowest BCUT2D eigenvalue weighted by Gasteiger charge is -2.31. The molecule has 24 heavy (non-hydrogen) atoms. The van der Waals surface area contributed by atoms with Crippen molar-refractivity contribution in [1.29, 1.82) is 0 Å². The Morgan fingerprint density at radius 3 is 2.92 bits per heavy atom. The Kier molecular flexibility index (Phi) is 9.80. The molecule has 1 fully saturated rings. The molecule has 0 bridgehead atoms. The van der Waals surface area contributed by atoms with Crippen molar-refractivity contribution >= 4 is 18.4 Å². The highest BCUT2D eigenvalue weighted by molar-refractivity contribution is 5.85. The number of hydrogen-bond acceptors (Lipinski definition) is 4. The van der Waals surface area contributed by atoms with Crippen LogP contribution in [0.15, 0.2) is 24.3 Å². The van der Waals surface area contributed by atoms with Gasteiger partial charge in [0.2, 0.25) is 0 Å². The van der Waals surface area contributed by atoms with Crippen LogP contribution in [0.4, 0.5) is 0 Å². The van der Waals surface area contributed by atoms with Crippen molar-refractivity contribution in [2.45, 2.75) is 39.5 Å². The maximum Gasteiger partial charge on any atom is 0.310 e. The summed E-state index contributed by atoms with van der Waals surface area (Å²) in [5.41, 5.74) is 1.22. The van der Waals surface area contributed by atoms with Crippen LogP contribution in [0.2, 0.25) is 0 Å². The van der Waals surface area contributed by atoms with Gasteiger partial charge in [0.1, 0.15) is 5.75 Å². The molecule has 5 heteroatoms. The Morgan fingerprint density at radius 2 is 2.17 bits per heavy atom. The average Bonchev–Trinajstić information content (AvgIpc) is 2.55. The number of ether oxygens (including phenoxy) is 2. The normalized spacial score (nSPS) is 17.8. The quantitative estimate of drug-likeness (QED) is 0.524. The first-order valence-electron chi connectivity index (χ1n) is 8.77. The minimum Gasteiger partial charge on any atom is -0.494 e. The second-order valence-corrected chi connectivity index (χ2v) is 6.26. The fourth-order valence-electron chi connectivity index (χ4n) is 3.04. The molecular formula is C19H30ClNO3. The van der Waals surface area contributed by atoms with Gasteiger partial charge in [-0.1, -0.05) is 12.1 Å². The Hall–Kier alpha value is -1.26. The van der Waals surface area contributed by atoms with Gasteiger partial charge in [-0.2, -0.15) is 0 Å². The van der Waals surface area contributed by atoms with Gasteiger partial charge >= 0.3 is 5.97 Å². The van der Waals surface area contributed by atoms with E-state index < -0.39 is 0 Å². The van der Waals surface area contributed by atoms with Crippen molar-refractivity contribution in [3.8, 4) is 5.75 Å². The summed E-state index contributed by atoms with van der Waals surface area (Å²) in [6.45, 7) is 8.14. The summed E-state index contributed by atoms with van der Waals surface area (Å²) in [6, 6.07) is 8.16. The molecule has 0 aromatic heterocycles. The number of carbonyl (C=O) groups is 1. The molecule has 1 aliphatic rings. The minimum atomic E-state index is -0.0278. The number of likely N-dealkylation sites (tertiary alicyclic amines) is 1. The molecule has 0 aliphatic carbocycles. The molecule has 0 spiro atoms. The number of aryl methyl sites for hydroxylation is 1. The number of hydrogen-bond donors (Lipinski definition) is 0. The van der Waals surface area contributed by atoms with Crippen LogP contribution in [0.3, 0.4) is 0 Å². The molecule has 1 aromatic rings. The monoisotopic (exact) mass is 355 g/mol. The van der Waals surface area contributed by atoms with Gasteiger partial charge in [-0.3, -0.25) is 4.79 Å². The van der Waals surface area contributed by atoms with Crippen LogP contribution < -0.4 is 4.74 Å². The van der Waals surface area contributed by atoms with Crippen LogP contribution in [0.5, 0.6) is 5.75 Å². The molecule has 1 saturated heterocycles.